The summed E-state index contributed by atoms with van der Waals surface area (Å²) in [6.45, 7) is 4.84. The summed E-state index contributed by atoms with van der Waals surface area (Å²) in [6, 6.07) is 8.43. The van der Waals surface area contributed by atoms with Crippen molar-refractivity contribution in [2.24, 2.45) is 0 Å². The van der Waals surface area contributed by atoms with Crippen molar-refractivity contribution in [3.05, 3.63) is 34.7 Å². The Morgan fingerprint density at radius 1 is 1.41 bits per heavy atom. The van der Waals surface area contributed by atoms with Crippen molar-refractivity contribution in [3.63, 3.8) is 0 Å². The summed E-state index contributed by atoms with van der Waals surface area (Å²) in [5.74, 6) is -0.0841. The van der Waals surface area contributed by atoms with Crippen molar-refractivity contribution in [1.82, 2.24) is 4.98 Å². The number of ether oxygens (including phenoxy) is 1. The number of amides is 1. The second-order valence-electron chi connectivity index (χ2n) is 5.47. The van der Waals surface area contributed by atoms with E-state index < -0.39 is 0 Å². The average molecular weight is 316 g/mol. The van der Waals surface area contributed by atoms with E-state index in [-0.39, 0.29) is 12.0 Å². The lowest BCUT2D eigenvalue weighted by atomic mass is 10.1. The molecule has 0 spiro atoms. The van der Waals surface area contributed by atoms with E-state index in [1.54, 1.807) is 0 Å². The molecule has 0 saturated carbocycles. The van der Waals surface area contributed by atoms with E-state index in [0.29, 0.717) is 11.7 Å². The fraction of sp³-hybridized carbons (Fsp3) is 0.412. The quantitative estimate of drug-likeness (QED) is 0.933. The van der Waals surface area contributed by atoms with Crippen LogP contribution in [-0.4, -0.2) is 23.6 Å². The fourth-order valence-electron chi connectivity index (χ4n) is 2.59. The van der Waals surface area contributed by atoms with Crippen LogP contribution in [0.3, 0.4) is 0 Å². The van der Waals surface area contributed by atoms with Gasteiger partial charge in [0.25, 0.3) is 5.91 Å². The number of aryl methyl sites for hydroxylation is 2. The van der Waals surface area contributed by atoms with E-state index in [1.165, 1.54) is 16.9 Å². The van der Waals surface area contributed by atoms with Crippen molar-refractivity contribution in [3.8, 4) is 11.3 Å². The average Bonchev–Trinajstić information content (AvgIpc) is 3.17. The van der Waals surface area contributed by atoms with Gasteiger partial charge in [-0.3, -0.25) is 10.1 Å². The lowest BCUT2D eigenvalue weighted by molar-refractivity contribution is -0.124. The van der Waals surface area contributed by atoms with E-state index in [0.717, 1.165) is 35.4 Å². The van der Waals surface area contributed by atoms with Crippen LogP contribution in [0.1, 0.15) is 30.2 Å². The van der Waals surface area contributed by atoms with Gasteiger partial charge in [0.2, 0.25) is 0 Å². The predicted molar refractivity (Wildman–Crippen MR) is 89.3 cm³/mol. The minimum Gasteiger partial charge on any atom is -0.368 e. The Bertz CT molecular complexity index is 658. The summed E-state index contributed by atoms with van der Waals surface area (Å²) >= 11 is 1.51. The number of thiazole rings is 1. The summed E-state index contributed by atoms with van der Waals surface area (Å²) in [4.78, 5) is 17.8. The van der Waals surface area contributed by atoms with Crippen LogP contribution < -0.4 is 5.32 Å². The number of anilines is 1. The molecule has 1 aromatic carbocycles. The molecule has 2 heterocycles. The summed E-state index contributed by atoms with van der Waals surface area (Å²) in [6.07, 6.45) is 2.45. The molecular weight excluding hydrogens is 296 g/mol. The topological polar surface area (TPSA) is 51.2 Å². The number of benzene rings is 1. The van der Waals surface area contributed by atoms with Gasteiger partial charge in [-0.15, -0.1) is 11.3 Å². The molecule has 22 heavy (non-hydrogen) atoms. The van der Waals surface area contributed by atoms with E-state index in [1.807, 2.05) is 6.92 Å². The highest BCUT2D eigenvalue weighted by Crippen LogP contribution is 2.31. The Balaban J connectivity index is 1.76. The normalized spacial score (nSPS) is 17.6. The van der Waals surface area contributed by atoms with Crippen LogP contribution in [0.2, 0.25) is 0 Å². The molecule has 4 nitrogen and oxygen atoms in total. The smallest absolute Gasteiger partial charge is 0.255 e. The second kappa shape index (κ2) is 6.58. The van der Waals surface area contributed by atoms with Gasteiger partial charge >= 0.3 is 0 Å². The Morgan fingerprint density at radius 2 is 2.18 bits per heavy atom. The Kier molecular flexibility index (Phi) is 4.55. The molecule has 1 unspecified atom stereocenters. The summed E-state index contributed by atoms with van der Waals surface area (Å²) in [5.41, 5.74) is 3.34. The molecule has 1 aliphatic rings. The van der Waals surface area contributed by atoms with Crippen LogP contribution in [0.4, 0.5) is 5.13 Å². The van der Waals surface area contributed by atoms with Crippen molar-refractivity contribution in [1.29, 1.82) is 0 Å². The van der Waals surface area contributed by atoms with Gasteiger partial charge in [-0.25, -0.2) is 4.98 Å². The minimum atomic E-state index is -0.323. The highest BCUT2D eigenvalue weighted by atomic mass is 32.1. The van der Waals surface area contributed by atoms with Gasteiger partial charge in [0, 0.05) is 17.0 Å². The molecule has 116 valence electrons. The second-order valence-corrected chi connectivity index (χ2v) is 6.67. The van der Waals surface area contributed by atoms with Gasteiger partial charge in [0.15, 0.2) is 5.13 Å². The van der Waals surface area contributed by atoms with Crippen LogP contribution in [0.5, 0.6) is 0 Å². The maximum absolute atomic E-state index is 12.1. The van der Waals surface area contributed by atoms with Crippen molar-refractivity contribution < 1.29 is 9.53 Å². The molecule has 1 saturated heterocycles. The summed E-state index contributed by atoms with van der Waals surface area (Å²) < 4.78 is 5.40. The van der Waals surface area contributed by atoms with Gasteiger partial charge in [-0.1, -0.05) is 31.2 Å². The van der Waals surface area contributed by atoms with Gasteiger partial charge in [-0.05, 0) is 31.7 Å². The molecule has 1 N–H and O–H groups in total. The molecule has 0 radical (unpaired) electrons. The molecule has 3 rings (SSSR count). The van der Waals surface area contributed by atoms with Crippen LogP contribution in [0.15, 0.2) is 24.3 Å². The van der Waals surface area contributed by atoms with Crippen LogP contribution in [0.25, 0.3) is 11.3 Å². The first kappa shape index (κ1) is 15.2. The lowest BCUT2D eigenvalue weighted by Crippen LogP contribution is -2.26. The number of carbonyl (C=O) groups excluding carboxylic acids is 1. The van der Waals surface area contributed by atoms with Gasteiger partial charge < -0.3 is 4.74 Å². The summed E-state index contributed by atoms with van der Waals surface area (Å²) in [7, 11) is 0. The highest BCUT2D eigenvalue weighted by Gasteiger charge is 2.24. The number of carbonyl (C=O) groups is 1. The lowest BCUT2D eigenvalue weighted by Gasteiger charge is -2.07. The zero-order valence-electron chi connectivity index (χ0n) is 12.9. The van der Waals surface area contributed by atoms with Crippen LogP contribution >= 0.6 is 11.3 Å². The standard InChI is InChI=1S/C17H20N2O2S/c1-3-12-6-8-13(9-7-12)15-11(2)22-17(18-15)19-16(20)14-5-4-10-21-14/h6-9,14H,3-5,10H2,1-2H3,(H,18,19,20). The van der Waals surface area contributed by atoms with Crippen LogP contribution in [0, 0.1) is 6.92 Å². The molecule has 0 bridgehead atoms. The largest absolute Gasteiger partial charge is 0.368 e. The molecule has 1 aromatic heterocycles. The number of nitrogens with zero attached hydrogens (tertiary/aromatic N) is 1. The number of aromatic nitrogens is 1. The Morgan fingerprint density at radius 3 is 2.82 bits per heavy atom. The zero-order chi connectivity index (χ0) is 15.5. The predicted octanol–water partition coefficient (Wildman–Crippen LogP) is 3.80. The molecule has 2 aromatic rings. The molecule has 5 heteroatoms. The van der Waals surface area contributed by atoms with Crippen LogP contribution in [-0.2, 0) is 16.0 Å². The number of hydrogen-bond acceptors (Lipinski definition) is 4. The van der Waals surface area contributed by atoms with Crippen molar-refractivity contribution in [2.75, 3.05) is 11.9 Å². The first-order valence-electron chi connectivity index (χ1n) is 7.66. The van der Waals surface area contributed by atoms with Gasteiger partial charge in [-0.2, -0.15) is 0 Å². The van der Waals surface area contributed by atoms with E-state index in [4.69, 9.17) is 4.74 Å². The van der Waals surface area contributed by atoms with E-state index in [9.17, 15) is 4.79 Å². The highest BCUT2D eigenvalue weighted by molar-refractivity contribution is 7.16. The van der Waals surface area contributed by atoms with Gasteiger partial charge in [0.05, 0.1) is 5.69 Å². The molecule has 1 atom stereocenters. The van der Waals surface area contributed by atoms with Crippen molar-refractivity contribution >= 4 is 22.4 Å². The third-order valence-electron chi connectivity index (χ3n) is 3.88. The Hall–Kier alpha value is -1.72. The SMILES string of the molecule is CCc1ccc(-c2nc(NC(=O)C3CCCO3)sc2C)cc1. The fourth-order valence-corrected chi connectivity index (χ4v) is 3.43. The molecule has 1 aliphatic heterocycles. The zero-order valence-corrected chi connectivity index (χ0v) is 13.7. The van der Waals surface area contributed by atoms with Crippen molar-refractivity contribution in [2.45, 2.75) is 39.2 Å². The first-order valence-corrected chi connectivity index (χ1v) is 8.48. The van der Waals surface area contributed by atoms with E-state index in [2.05, 4.69) is 41.5 Å². The summed E-state index contributed by atoms with van der Waals surface area (Å²) in [5, 5.41) is 3.53. The minimum absolute atomic E-state index is 0.0841. The number of hydrogen-bond donors (Lipinski definition) is 1. The third kappa shape index (κ3) is 3.20. The van der Waals surface area contributed by atoms with Gasteiger partial charge in [0.1, 0.15) is 6.10 Å². The third-order valence-corrected chi connectivity index (χ3v) is 4.77. The molecule has 0 aliphatic carbocycles. The maximum Gasteiger partial charge on any atom is 0.255 e. The number of nitrogens with one attached hydrogen (secondary N) is 1. The monoisotopic (exact) mass is 316 g/mol. The molecular formula is C17H20N2O2S. The maximum atomic E-state index is 12.1. The van der Waals surface area contributed by atoms with E-state index >= 15 is 0 Å². The Labute approximate surface area is 134 Å². The number of rotatable bonds is 4. The molecule has 1 amide bonds. The molecule has 1 fully saturated rings. The first-order chi connectivity index (χ1) is 10.7.